The van der Waals surface area contributed by atoms with Crippen LogP contribution in [0, 0.1) is 19.8 Å². The quantitative estimate of drug-likeness (QED) is 0.917. The lowest BCUT2D eigenvalue weighted by molar-refractivity contribution is 0.176. The van der Waals surface area contributed by atoms with Crippen LogP contribution in [0.2, 0.25) is 0 Å². The highest BCUT2D eigenvalue weighted by atomic mass is 16.1. The number of aryl methyl sites for hydroxylation is 2. The topological polar surface area (TPSA) is 36.1 Å². The standard InChI is InChI=1S/C18H24N2O/c1-12-6-5-9-20(10-12)11-16-14(3)19-17-13(2)7-4-8-15(17)18(16)21/h4,7-8,12H,5-6,9-11H2,1-3H3,(H,19,21). The maximum absolute atomic E-state index is 12.8. The van der Waals surface area contributed by atoms with Crippen molar-refractivity contribution >= 4 is 10.9 Å². The van der Waals surface area contributed by atoms with Crippen molar-refractivity contribution in [1.29, 1.82) is 0 Å². The van der Waals surface area contributed by atoms with Crippen LogP contribution in [0.5, 0.6) is 0 Å². The van der Waals surface area contributed by atoms with Gasteiger partial charge < -0.3 is 4.98 Å². The third-order valence-electron chi connectivity index (χ3n) is 4.68. The summed E-state index contributed by atoms with van der Waals surface area (Å²) in [6, 6.07) is 5.95. The highest BCUT2D eigenvalue weighted by molar-refractivity contribution is 5.82. The number of aromatic amines is 1. The lowest BCUT2D eigenvalue weighted by Crippen LogP contribution is -2.35. The first-order chi connectivity index (χ1) is 10.1. The van der Waals surface area contributed by atoms with E-state index in [4.69, 9.17) is 0 Å². The SMILES string of the molecule is Cc1[nH]c2c(C)cccc2c(=O)c1CN1CCCC(C)C1. The van der Waals surface area contributed by atoms with Crippen molar-refractivity contribution < 1.29 is 0 Å². The Bertz CT molecular complexity index is 717. The van der Waals surface area contributed by atoms with Gasteiger partial charge in [-0.15, -0.1) is 0 Å². The minimum atomic E-state index is 0.197. The number of likely N-dealkylation sites (tertiary alicyclic amines) is 1. The fourth-order valence-corrected chi connectivity index (χ4v) is 3.46. The lowest BCUT2D eigenvalue weighted by Gasteiger charge is -2.31. The lowest BCUT2D eigenvalue weighted by atomic mass is 9.99. The fraction of sp³-hybridized carbons (Fsp3) is 0.500. The first kappa shape index (κ1) is 14.3. The highest BCUT2D eigenvalue weighted by Crippen LogP contribution is 2.20. The molecule has 1 N–H and O–H groups in total. The van der Waals surface area contributed by atoms with Gasteiger partial charge in [0.25, 0.3) is 0 Å². The Morgan fingerprint density at radius 3 is 2.90 bits per heavy atom. The molecule has 112 valence electrons. The van der Waals surface area contributed by atoms with Gasteiger partial charge in [-0.25, -0.2) is 0 Å². The van der Waals surface area contributed by atoms with E-state index in [0.29, 0.717) is 0 Å². The number of nitrogens with one attached hydrogen (secondary N) is 1. The van der Waals surface area contributed by atoms with E-state index in [1.54, 1.807) is 0 Å². The maximum atomic E-state index is 12.8. The van der Waals surface area contributed by atoms with Crippen molar-refractivity contribution in [2.45, 2.75) is 40.2 Å². The number of aromatic nitrogens is 1. The third-order valence-corrected chi connectivity index (χ3v) is 4.68. The summed E-state index contributed by atoms with van der Waals surface area (Å²) in [5.74, 6) is 0.737. The second-order valence-electron chi connectivity index (χ2n) is 6.54. The summed E-state index contributed by atoms with van der Waals surface area (Å²) in [6.07, 6.45) is 2.55. The van der Waals surface area contributed by atoms with Crippen molar-refractivity contribution in [3.63, 3.8) is 0 Å². The number of benzene rings is 1. The van der Waals surface area contributed by atoms with Gasteiger partial charge in [-0.05, 0) is 50.8 Å². The molecule has 21 heavy (non-hydrogen) atoms. The van der Waals surface area contributed by atoms with Gasteiger partial charge in [0.1, 0.15) is 0 Å². The van der Waals surface area contributed by atoms with Crippen LogP contribution in [0.25, 0.3) is 10.9 Å². The summed E-state index contributed by atoms with van der Waals surface area (Å²) in [4.78, 5) is 18.7. The van der Waals surface area contributed by atoms with E-state index in [1.807, 2.05) is 32.0 Å². The molecule has 2 heterocycles. The van der Waals surface area contributed by atoms with Crippen LogP contribution in [-0.4, -0.2) is 23.0 Å². The largest absolute Gasteiger partial charge is 0.358 e. The van der Waals surface area contributed by atoms with Crippen LogP contribution in [0.4, 0.5) is 0 Å². The van der Waals surface area contributed by atoms with Crippen molar-refractivity contribution in [3.05, 3.63) is 45.2 Å². The Morgan fingerprint density at radius 1 is 1.33 bits per heavy atom. The van der Waals surface area contributed by atoms with Gasteiger partial charge in [0.15, 0.2) is 5.43 Å². The number of H-pyrrole nitrogens is 1. The summed E-state index contributed by atoms with van der Waals surface area (Å²) in [6.45, 7) is 9.35. The molecule has 0 saturated carbocycles. The molecule has 3 heteroatoms. The first-order valence-electron chi connectivity index (χ1n) is 7.89. The molecule has 1 atom stereocenters. The van der Waals surface area contributed by atoms with E-state index < -0.39 is 0 Å². The van der Waals surface area contributed by atoms with Gasteiger partial charge in [0.2, 0.25) is 0 Å². The number of pyridine rings is 1. The number of fused-ring (bicyclic) bond motifs is 1. The average molecular weight is 284 g/mol. The minimum absolute atomic E-state index is 0.197. The molecule has 1 aliphatic rings. The molecule has 2 aromatic rings. The Kier molecular flexibility index (Phi) is 3.85. The molecule has 0 bridgehead atoms. The molecule has 1 fully saturated rings. The molecule has 1 aromatic heterocycles. The van der Waals surface area contributed by atoms with Crippen LogP contribution in [0.1, 0.15) is 36.6 Å². The molecular weight excluding hydrogens is 260 g/mol. The fourth-order valence-electron chi connectivity index (χ4n) is 3.46. The molecule has 3 rings (SSSR count). The van der Waals surface area contributed by atoms with Gasteiger partial charge in [0, 0.05) is 29.7 Å². The molecule has 0 spiro atoms. The van der Waals surface area contributed by atoms with Crippen LogP contribution in [0.15, 0.2) is 23.0 Å². The Labute approximate surface area is 126 Å². The zero-order valence-corrected chi connectivity index (χ0v) is 13.2. The summed E-state index contributed by atoms with van der Waals surface area (Å²) < 4.78 is 0. The normalized spacial score (nSPS) is 20.0. The minimum Gasteiger partial charge on any atom is -0.358 e. The van der Waals surface area contributed by atoms with E-state index in [1.165, 1.54) is 12.8 Å². The van der Waals surface area contributed by atoms with Gasteiger partial charge in [-0.3, -0.25) is 9.69 Å². The van der Waals surface area contributed by atoms with Crippen LogP contribution in [-0.2, 0) is 6.54 Å². The maximum Gasteiger partial charge on any atom is 0.194 e. The van der Waals surface area contributed by atoms with E-state index >= 15 is 0 Å². The second-order valence-corrected chi connectivity index (χ2v) is 6.54. The molecule has 1 saturated heterocycles. The number of para-hydroxylation sites is 1. The molecule has 1 unspecified atom stereocenters. The van der Waals surface area contributed by atoms with Crippen LogP contribution < -0.4 is 5.43 Å². The molecule has 1 aliphatic heterocycles. The zero-order chi connectivity index (χ0) is 15.0. The van der Waals surface area contributed by atoms with Crippen molar-refractivity contribution in [3.8, 4) is 0 Å². The van der Waals surface area contributed by atoms with Crippen LogP contribution in [0.3, 0.4) is 0 Å². The number of hydrogen-bond donors (Lipinski definition) is 1. The monoisotopic (exact) mass is 284 g/mol. The van der Waals surface area contributed by atoms with E-state index in [9.17, 15) is 4.79 Å². The summed E-state index contributed by atoms with van der Waals surface area (Å²) in [7, 11) is 0. The Balaban J connectivity index is 2.01. The first-order valence-corrected chi connectivity index (χ1v) is 7.89. The molecule has 0 amide bonds. The molecule has 3 nitrogen and oxygen atoms in total. The van der Waals surface area contributed by atoms with E-state index in [-0.39, 0.29) is 5.43 Å². The molecule has 1 aromatic carbocycles. The highest BCUT2D eigenvalue weighted by Gasteiger charge is 2.19. The number of nitrogens with zero attached hydrogens (tertiary/aromatic N) is 1. The summed E-state index contributed by atoms with van der Waals surface area (Å²) >= 11 is 0. The summed E-state index contributed by atoms with van der Waals surface area (Å²) in [5, 5.41) is 0.820. The van der Waals surface area contributed by atoms with Crippen molar-refractivity contribution in [2.75, 3.05) is 13.1 Å². The number of rotatable bonds is 2. The average Bonchev–Trinajstić information content (AvgIpc) is 2.45. The zero-order valence-electron chi connectivity index (χ0n) is 13.2. The molecule has 0 aliphatic carbocycles. The van der Waals surface area contributed by atoms with E-state index in [0.717, 1.165) is 53.3 Å². The van der Waals surface area contributed by atoms with Gasteiger partial charge in [0.05, 0.1) is 5.52 Å². The number of piperidine rings is 1. The second kappa shape index (κ2) is 5.64. The predicted octanol–water partition coefficient (Wildman–Crippen LogP) is 3.38. The van der Waals surface area contributed by atoms with Gasteiger partial charge >= 0.3 is 0 Å². The Morgan fingerprint density at radius 2 is 2.14 bits per heavy atom. The van der Waals surface area contributed by atoms with E-state index in [2.05, 4.69) is 16.8 Å². The van der Waals surface area contributed by atoms with Crippen molar-refractivity contribution in [2.24, 2.45) is 5.92 Å². The summed E-state index contributed by atoms with van der Waals surface area (Å²) in [5.41, 5.74) is 4.26. The molecule has 0 radical (unpaired) electrons. The third kappa shape index (κ3) is 2.75. The van der Waals surface area contributed by atoms with Gasteiger partial charge in [-0.2, -0.15) is 0 Å². The molecular formula is C18H24N2O. The van der Waals surface area contributed by atoms with Gasteiger partial charge in [-0.1, -0.05) is 19.1 Å². The number of hydrogen-bond acceptors (Lipinski definition) is 2. The van der Waals surface area contributed by atoms with Crippen LogP contribution >= 0.6 is 0 Å². The Hall–Kier alpha value is -1.61. The smallest absolute Gasteiger partial charge is 0.194 e. The van der Waals surface area contributed by atoms with Crippen molar-refractivity contribution in [1.82, 2.24) is 9.88 Å². The predicted molar refractivity (Wildman–Crippen MR) is 87.7 cm³/mol.